The highest BCUT2D eigenvalue weighted by molar-refractivity contribution is 5.69. The van der Waals surface area contributed by atoms with Gasteiger partial charge in [-0.1, -0.05) is 38.8 Å². The predicted octanol–water partition coefficient (Wildman–Crippen LogP) is 2.84. The molecule has 0 aromatic heterocycles. The number of hydrogen-bond acceptors (Lipinski definition) is 1. The van der Waals surface area contributed by atoms with Gasteiger partial charge in [-0.25, -0.2) is 0 Å². The third kappa shape index (κ3) is 5.96. The van der Waals surface area contributed by atoms with Gasteiger partial charge in [-0.2, -0.15) is 0 Å². The lowest BCUT2D eigenvalue weighted by atomic mass is 10.1. The van der Waals surface area contributed by atoms with Crippen LogP contribution in [0, 0.1) is 5.92 Å². The number of allylic oxidation sites excluding steroid dienone is 2. The van der Waals surface area contributed by atoms with Crippen LogP contribution in [0.5, 0.6) is 0 Å². The molecule has 0 aliphatic rings. The van der Waals surface area contributed by atoms with Crippen LogP contribution >= 0.6 is 0 Å². The molecule has 1 atom stereocenters. The minimum absolute atomic E-state index is 0.247. The van der Waals surface area contributed by atoms with Crippen molar-refractivity contribution in [2.45, 2.75) is 39.5 Å². The maximum atomic E-state index is 10.4. The molecule has 0 aromatic rings. The Hall–Kier alpha value is -0.790. The quantitative estimate of drug-likeness (QED) is 0.491. The Labute approximate surface area is 74.3 Å². The zero-order valence-electron chi connectivity index (χ0n) is 7.92. The van der Waals surface area contributed by atoms with E-state index in [1.165, 1.54) is 12.8 Å². The average Bonchev–Trinajstić information content (AvgIpc) is 2.03. The number of hydrogen-bond donors (Lipinski definition) is 1. The summed E-state index contributed by atoms with van der Waals surface area (Å²) in [6.07, 6.45) is 8.15. The SMILES string of the molecule is CCCC/C=C/CC(C)C(=O)O. The van der Waals surface area contributed by atoms with Gasteiger partial charge in [-0.15, -0.1) is 0 Å². The first kappa shape index (κ1) is 11.2. The Kier molecular flexibility index (Phi) is 6.44. The van der Waals surface area contributed by atoms with Gasteiger partial charge in [0.25, 0.3) is 0 Å². The van der Waals surface area contributed by atoms with Gasteiger partial charge in [0.15, 0.2) is 0 Å². The van der Waals surface area contributed by atoms with E-state index in [2.05, 4.69) is 13.0 Å². The maximum absolute atomic E-state index is 10.4. The molecule has 0 rings (SSSR count). The zero-order chi connectivity index (χ0) is 9.40. The number of aliphatic carboxylic acids is 1. The Balaban J connectivity index is 3.40. The van der Waals surface area contributed by atoms with E-state index >= 15 is 0 Å². The molecule has 0 amide bonds. The third-order valence-electron chi connectivity index (χ3n) is 1.80. The van der Waals surface area contributed by atoms with Gasteiger partial charge in [-0.3, -0.25) is 4.79 Å². The van der Waals surface area contributed by atoms with Gasteiger partial charge in [0.05, 0.1) is 5.92 Å². The van der Waals surface area contributed by atoms with Gasteiger partial charge < -0.3 is 5.11 Å². The van der Waals surface area contributed by atoms with E-state index in [4.69, 9.17) is 5.11 Å². The number of unbranched alkanes of at least 4 members (excludes halogenated alkanes) is 2. The lowest BCUT2D eigenvalue weighted by molar-refractivity contribution is -0.140. The molecule has 12 heavy (non-hydrogen) atoms. The highest BCUT2D eigenvalue weighted by Crippen LogP contribution is 2.04. The summed E-state index contributed by atoms with van der Waals surface area (Å²) in [5, 5.41) is 8.55. The lowest BCUT2D eigenvalue weighted by Crippen LogP contribution is -2.07. The molecule has 0 fully saturated rings. The van der Waals surface area contributed by atoms with Crippen LogP contribution in [-0.2, 0) is 4.79 Å². The fourth-order valence-electron chi connectivity index (χ4n) is 0.841. The molecule has 2 heteroatoms. The molecule has 1 N–H and O–H groups in total. The molecule has 0 bridgehead atoms. The molecule has 0 radical (unpaired) electrons. The lowest BCUT2D eigenvalue weighted by Gasteiger charge is -1.99. The molecule has 0 heterocycles. The molecule has 70 valence electrons. The van der Waals surface area contributed by atoms with E-state index in [0.29, 0.717) is 6.42 Å². The minimum atomic E-state index is -0.713. The first-order valence-corrected chi connectivity index (χ1v) is 4.56. The van der Waals surface area contributed by atoms with Gasteiger partial charge in [0, 0.05) is 0 Å². The Bertz CT molecular complexity index is 150. The number of carboxylic acid groups (broad SMARTS) is 1. The highest BCUT2D eigenvalue weighted by Gasteiger charge is 2.06. The number of carbonyl (C=O) groups is 1. The molecule has 1 unspecified atom stereocenters. The van der Waals surface area contributed by atoms with E-state index < -0.39 is 5.97 Å². The van der Waals surface area contributed by atoms with E-state index in [-0.39, 0.29) is 5.92 Å². The van der Waals surface area contributed by atoms with Crippen molar-refractivity contribution in [3.05, 3.63) is 12.2 Å². The Morgan fingerprint density at radius 3 is 2.67 bits per heavy atom. The second-order valence-corrected chi connectivity index (χ2v) is 3.09. The first-order valence-electron chi connectivity index (χ1n) is 4.56. The molecular weight excluding hydrogens is 152 g/mol. The molecule has 0 spiro atoms. The Morgan fingerprint density at radius 1 is 1.50 bits per heavy atom. The summed E-state index contributed by atoms with van der Waals surface area (Å²) >= 11 is 0. The predicted molar refractivity (Wildman–Crippen MR) is 50.1 cm³/mol. The molecule has 0 aromatic carbocycles. The molecule has 0 aliphatic carbocycles. The van der Waals surface area contributed by atoms with Crippen LogP contribution in [-0.4, -0.2) is 11.1 Å². The highest BCUT2D eigenvalue weighted by atomic mass is 16.4. The standard InChI is InChI=1S/C10H18O2/c1-3-4-5-6-7-8-9(2)10(11)12/h6-7,9H,3-5,8H2,1-2H3,(H,11,12)/b7-6+. The van der Waals surface area contributed by atoms with Crippen LogP contribution in [0.3, 0.4) is 0 Å². The van der Waals surface area contributed by atoms with Gasteiger partial charge in [0.1, 0.15) is 0 Å². The van der Waals surface area contributed by atoms with Crippen LogP contribution < -0.4 is 0 Å². The van der Waals surface area contributed by atoms with Gasteiger partial charge >= 0.3 is 5.97 Å². The number of rotatable bonds is 6. The van der Waals surface area contributed by atoms with Crippen molar-refractivity contribution in [2.75, 3.05) is 0 Å². The molecule has 0 aliphatic heterocycles. The molecular formula is C10H18O2. The van der Waals surface area contributed by atoms with Crippen LogP contribution in [0.4, 0.5) is 0 Å². The van der Waals surface area contributed by atoms with Crippen molar-refractivity contribution >= 4 is 5.97 Å². The van der Waals surface area contributed by atoms with E-state index in [1.54, 1.807) is 6.92 Å². The van der Waals surface area contributed by atoms with E-state index in [9.17, 15) is 4.79 Å². The van der Waals surface area contributed by atoms with Crippen molar-refractivity contribution < 1.29 is 9.90 Å². The summed E-state index contributed by atoms with van der Waals surface area (Å²) in [6.45, 7) is 3.88. The van der Waals surface area contributed by atoms with Crippen LogP contribution in [0.25, 0.3) is 0 Å². The van der Waals surface area contributed by atoms with Gasteiger partial charge in [-0.05, 0) is 12.8 Å². The fourth-order valence-corrected chi connectivity index (χ4v) is 0.841. The van der Waals surface area contributed by atoms with Gasteiger partial charge in [0.2, 0.25) is 0 Å². The van der Waals surface area contributed by atoms with Crippen molar-refractivity contribution in [2.24, 2.45) is 5.92 Å². The second-order valence-electron chi connectivity index (χ2n) is 3.09. The summed E-state index contributed by atoms with van der Waals surface area (Å²) in [5.41, 5.74) is 0. The first-order chi connectivity index (χ1) is 5.68. The normalized spacial score (nSPS) is 13.5. The summed E-state index contributed by atoms with van der Waals surface area (Å²) in [7, 11) is 0. The fraction of sp³-hybridized carbons (Fsp3) is 0.700. The molecule has 0 saturated carbocycles. The smallest absolute Gasteiger partial charge is 0.306 e. The van der Waals surface area contributed by atoms with E-state index in [1.807, 2.05) is 6.08 Å². The summed E-state index contributed by atoms with van der Waals surface area (Å²) in [6, 6.07) is 0. The molecule has 2 nitrogen and oxygen atoms in total. The average molecular weight is 170 g/mol. The van der Waals surface area contributed by atoms with Crippen LogP contribution in [0.2, 0.25) is 0 Å². The summed E-state index contributed by atoms with van der Waals surface area (Å²) in [5.74, 6) is -0.960. The van der Waals surface area contributed by atoms with Crippen molar-refractivity contribution in [1.29, 1.82) is 0 Å². The van der Waals surface area contributed by atoms with Crippen molar-refractivity contribution in [1.82, 2.24) is 0 Å². The summed E-state index contributed by atoms with van der Waals surface area (Å²) in [4.78, 5) is 10.4. The van der Waals surface area contributed by atoms with Crippen molar-refractivity contribution in [3.63, 3.8) is 0 Å². The minimum Gasteiger partial charge on any atom is -0.481 e. The topological polar surface area (TPSA) is 37.3 Å². The number of carboxylic acids is 1. The largest absolute Gasteiger partial charge is 0.481 e. The maximum Gasteiger partial charge on any atom is 0.306 e. The van der Waals surface area contributed by atoms with Crippen LogP contribution in [0.15, 0.2) is 12.2 Å². The van der Waals surface area contributed by atoms with Crippen molar-refractivity contribution in [3.8, 4) is 0 Å². The molecule has 0 saturated heterocycles. The van der Waals surface area contributed by atoms with E-state index in [0.717, 1.165) is 6.42 Å². The summed E-state index contributed by atoms with van der Waals surface area (Å²) < 4.78 is 0. The second kappa shape index (κ2) is 6.89. The zero-order valence-corrected chi connectivity index (χ0v) is 7.92. The Morgan fingerprint density at radius 2 is 2.17 bits per heavy atom. The van der Waals surface area contributed by atoms with Crippen LogP contribution in [0.1, 0.15) is 39.5 Å². The third-order valence-corrected chi connectivity index (χ3v) is 1.80. The monoisotopic (exact) mass is 170 g/mol.